The predicted octanol–water partition coefficient (Wildman–Crippen LogP) is 6.54. The summed E-state index contributed by atoms with van der Waals surface area (Å²) in [7, 11) is 0. The summed E-state index contributed by atoms with van der Waals surface area (Å²) in [6.07, 6.45) is 4.96. The summed E-state index contributed by atoms with van der Waals surface area (Å²) < 4.78 is 8.03. The van der Waals surface area contributed by atoms with E-state index in [1.54, 1.807) is 0 Å². The fourth-order valence-corrected chi connectivity index (χ4v) is 4.79. The van der Waals surface area contributed by atoms with Crippen LogP contribution in [0.1, 0.15) is 36.3 Å². The largest absolute Gasteiger partial charge is 0.440 e. The number of ether oxygens (including phenoxy) is 1. The molecule has 1 heterocycles. The lowest BCUT2D eigenvalue weighted by atomic mass is 9.77. The van der Waals surface area contributed by atoms with Crippen molar-refractivity contribution in [1.29, 1.82) is 5.26 Å². The first-order valence-electron chi connectivity index (χ1n) is 9.10. The molecular formula is C23H18Br2N2O. The second-order valence-corrected chi connectivity index (χ2v) is 8.55. The number of hydrogen-bond donors (Lipinski definition) is 1. The average molecular weight is 498 g/mol. The van der Waals surface area contributed by atoms with Gasteiger partial charge in [-0.3, -0.25) is 0 Å². The zero-order valence-electron chi connectivity index (χ0n) is 15.1. The van der Waals surface area contributed by atoms with Gasteiger partial charge in [0, 0.05) is 8.95 Å². The van der Waals surface area contributed by atoms with Crippen molar-refractivity contribution in [2.75, 3.05) is 0 Å². The van der Waals surface area contributed by atoms with Crippen LogP contribution in [0.25, 0.3) is 6.08 Å². The minimum Gasteiger partial charge on any atom is -0.440 e. The maximum Gasteiger partial charge on any atom is 0.205 e. The van der Waals surface area contributed by atoms with E-state index < -0.39 is 0 Å². The lowest BCUT2D eigenvalue weighted by Gasteiger charge is -2.33. The highest BCUT2D eigenvalue weighted by atomic mass is 79.9. The summed E-state index contributed by atoms with van der Waals surface area (Å²) in [5, 5.41) is 9.79. The zero-order valence-corrected chi connectivity index (χ0v) is 18.3. The van der Waals surface area contributed by atoms with Gasteiger partial charge in [-0.1, -0.05) is 68.3 Å². The molecule has 4 rings (SSSR count). The number of halogens is 2. The molecule has 2 aliphatic rings. The molecule has 5 heteroatoms. The minimum atomic E-state index is -0.188. The van der Waals surface area contributed by atoms with E-state index in [0.717, 1.165) is 56.2 Å². The van der Waals surface area contributed by atoms with E-state index in [2.05, 4.69) is 50.1 Å². The van der Waals surface area contributed by atoms with Crippen molar-refractivity contribution >= 4 is 37.9 Å². The van der Waals surface area contributed by atoms with E-state index >= 15 is 0 Å². The van der Waals surface area contributed by atoms with Gasteiger partial charge in [0.15, 0.2) is 0 Å². The molecule has 1 aliphatic carbocycles. The Balaban J connectivity index is 1.88. The van der Waals surface area contributed by atoms with Gasteiger partial charge in [0.2, 0.25) is 5.88 Å². The van der Waals surface area contributed by atoms with Crippen molar-refractivity contribution in [2.45, 2.75) is 25.2 Å². The van der Waals surface area contributed by atoms with Crippen LogP contribution in [0.4, 0.5) is 0 Å². The number of nitrogens with zero attached hydrogens (tertiary/aromatic N) is 1. The summed E-state index contributed by atoms with van der Waals surface area (Å²) in [6.45, 7) is 0. The Morgan fingerprint density at radius 3 is 2.46 bits per heavy atom. The van der Waals surface area contributed by atoms with Crippen molar-refractivity contribution < 1.29 is 4.74 Å². The van der Waals surface area contributed by atoms with Crippen molar-refractivity contribution in [3.05, 3.63) is 97.0 Å². The van der Waals surface area contributed by atoms with Crippen LogP contribution in [-0.4, -0.2) is 0 Å². The number of hydrogen-bond acceptors (Lipinski definition) is 3. The molecule has 3 nitrogen and oxygen atoms in total. The molecule has 0 spiro atoms. The molecule has 2 aromatic carbocycles. The maximum atomic E-state index is 9.79. The van der Waals surface area contributed by atoms with Gasteiger partial charge in [-0.05, 0) is 59.7 Å². The van der Waals surface area contributed by atoms with Crippen LogP contribution in [0, 0.1) is 11.3 Å². The minimum absolute atomic E-state index is 0.188. The molecule has 140 valence electrons. The molecule has 0 aromatic heterocycles. The van der Waals surface area contributed by atoms with E-state index in [0.29, 0.717) is 5.57 Å². The SMILES string of the molecule is N#CC1=C(N)OC2=C(CCC/C2=C\c2ccccc2Br)[C@@H]1c1ccccc1Br. The van der Waals surface area contributed by atoms with Gasteiger partial charge in [-0.25, -0.2) is 0 Å². The van der Waals surface area contributed by atoms with Crippen molar-refractivity contribution in [3.63, 3.8) is 0 Å². The summed E-state index contributed by atoms with van der Waals surface area (Å²) >= 11 is 7.26. The van der Waals surface area contributed by atoms with E-state index in [-0.39, 0.29) is 11.8 Å². The quantitative estimate of drug-likeness (QED) is 0.512. The monoisotopic (exact) mass is 496 g/mol. The highest BCUT2D eigenvalue weighted by molar-refractivity contribution is 9.10. The maximum absolute atomic E-state index is 9.79. The van der Waals surface area contributed by atoms with Crippen LogP contribution >= 0.6 is 31.9 Å². The Morgan fingerprint density at radius 1 is 1.04 bits per heavy atom. The van der Waals surface area contributed by atoms with Gasteiger partial charge in [0.25, 0.3) is 0 Å². The lowest BCUT2D eigenvalue weighted by Crippen LogP contribution is -2.24. The standard InChI is InChI=1S/C23H18Br2N2O/c24-19-10-3-1-6-14(19)12-15-7-5-9-17-21(16-8-2-4-11-20(16)25)18(13-26)23(27)28-22(15)17/h1-4,6,8,10-12,21H,5,7,9,27H2/b15-12+/t21-/m0/s1. The Hall–Kier alpha value is -2.29. The second-order valence-electron chi connectivity index (χ2n) is 6.85. The number of nitriles is 1. The molecule has 0 bridgehead atoms. The Bertz CT molecular complexity index is 1080. The van der Waals surface area contributed by atoms with Crippen molar-refractivity contribution in [1.82, 2.24) is 0 Å². The summed E-state index contributed by atoms with van der Waals surface area (Å²) in [4.78, 5) is 0. The third kappa shape index (κ3) is 3.43. The van der Waals surface area contributed by atoms with Crippen LogP contribution in [0.3, 0.4) is 0 Å². The second kappa shape index (κ2) is 7.98. The third-order valence-electron chi connectivity index (χ3n) is 5.16. The summed E-state index contributed by atoms with van der Waals surface area (Å²) in [6, 6.07) is 18.4. The van der Waals surface area contributed by atoms with Gasteiger partial charge >= 0.3 is 0 Å². The predicted molar refractivity (Wildman–Crippen MR) is 118 cm³/mol. The van der Waals surface area contributed by atoms with Gasteiger partial charge in [-0.2, -0.15) is 5.26 Å². The smallest absolute Gasteiger partial charge is 0.205 e. The van der Waals surface area contributed by atoms with E-state index in [9.17, 15) is 5.26 Å². The van der Waals surface area contributed by atoms with Crippen LogP contribution in [-0.2, 0) is 4.74 Å². The molecular weight excluding hydrogens is 480 g/mol. The first-order valence-corrected chi connectivity index (χ1v) is 10.7. The van der Waals surface area contributed by atoms with E-state index in [1.165, 1.54) is 0 Å². The molecule has 0 unspecified atom stereocenters. The van der Waals surface area contributed by atoms with E-state index in [4.69, 9.17) is 10.5 Å². The number of nitrogens with two attached hydrogens (primary N) is 1. The molecule has 2 N–H and O–H groups in total. The molecule has 2 aromatic rings. The third-order valence-corrected chi connectivity index (χ3v) is 6.61. The van der Waals surface area contributed by atoms with Crippen LogP contribution in [0.5, 0.6) is 0 Å². The van der Waals surface area contributed by atoms with Gasteiger partial charge < -0.3 is 10.5 Å². The molecule has 1 atom stereocenters. The molecule has 28 heavy (non-hydrogen) atoms. The number of allylic oxidation sites excluding steroid dienone is 3. The van der Waals surface area contributed by atoms with Gasteiger partial charge in [0.1, 0.15) is 17.4 Å². The normalized spacial score (nSPS) is 20.6. The molecule has 0 saturated carbocycles. The summed E-state index contributed by atoms with van der Waals surface area (Å²) in [5.41, 5.74) is 11.1. The molecule has 0 fully saturated rings. The highest BCUT2D eigenvalue weighted by Crippen LogP contribution is 2.48. The Morgan fingerprint density at radius 2 is 1.75 bits per heavy atom. The fraction of sp³-hybridized carbons (Fsp3) is 0.174. The van der Waals surface area contributed by atoms with Crippen molar-refractivity contribution in [2.24, 2.45) is 5.73 Å². The molecule has 1 aliphatic heterocycles. The Kier molecular flexibility index (Phi) is 5.43. The first kappa shape index (κ1) is 19.0. The lowest BCUT2D eigenvalue weighted by molar-refractivity contribution is 0.277. The first-order chi connectivity index (χ1) is 13.6. The molecule has 0 radical (unpaired) electrons. The number of benzene rings is 2. The zero-order chi connectivity index (χ0) is 19.7. The molecule has 0 amide bonds. The topological polar surface area (TPSA) is 59.0 Å². The Labute approximate surface area is 181 Å². The number of rotatable bonds is 2. The van der Waals surface area contributed by atoms with Crippen LogP contribution in [0.2, 0.25) is 0 Å². The molecule has 0 saturated heterocycles. The van der Waals surface area contributed by atoms with Gasteiger partial charge in [-0.15, -0.1) is 0 Å². The van der Waals surface area contributed by atoms with Crippen LogP contribution in [0.15, 0.2) is 85.8 Å². The van der Waals surface area contributed by atoms with Crippen LogP contribution < -0.4 is 5.73 Å². The fourth-order valence-electron chi connectivity index (χ4n) is 3.88. The summed E-state index contributed by atoms with van der Waals surface area (Å²) in [5.74, 6) is 0.827. The van der Waals surface area contributed by atoms with Gasteiger partial charge in [0.05, 0.1) is 5.92 Å². The van der Waals surface area contributed by atoms with E-state index in [1.807, 2.05) is 42.5 Å². The van der Waals surface area contributed by atoms with Crippen molar-refractivity contribution in [3.8, 4) is 6.07 Å². The average Bonchev–Trinajstić information content (AvgIpc) is 2.70. The highest BCUT2D eigenvalue weighted by Gasteiger charge is 2.36.